The number of hydrogen-bond acceptors (Lipinski definition) is 3. The average Bonchev–Trinajstić information content (AvgIpc) is 2.96. The van der Waals surface area contributed by atoms with Crippen LogP contribution in [0, 0.1) is 0 Å². The third kappa shape index (κ3) is 3.27. The standard InChI is InChI=1S/C14H19BrClN3O/c1-4-9-14(15)11(19(3)18-9)8-10(17-5-2)12-6-7-13(16)20-12/h6-7,10,17H,4-5,8H2,1-3H3. The zero-order valence-corrected chi connectivity index (χ0v) is 14.3. The van der Waals surface area contributed by atoms with Gasteiger partial charge in [0.15, 0.2) is 5.22 Å². The van der Waals surface area contributed by atoms with Crippen molar-refractivity contribution in [2.75, 3.05) is 6.54 Å². The first-order valence-electron chi connectivity index (χ1n) is 6.75. The molecule has 1 atom stereocenters. The van der Waals surface area contributed by atoms with Crippen molar-refractivity contribution in [1.82, 2.24) is 15.1 Å². The van der Waals surface area contributed by atoms with Gasteiger partial charge in [-0.3, -0.25) is 4.68 Å². The first-order chi connectivity index (χ1) is 9.56. The molecule has 0 amide bonds. The summed E-state index contributed by atoms with van der Waals surface area (Å²) in [7, 11) is 1.97. The molecule has 0 aliphatic heterocycles. The molecule has 2 rings (SSSR count). The van der Waals surface area contributed by atoms with Crippen molar-refractivity contribution in [3.8, 4) is 0 Å². The summed E-state index contributed by atoms with van der Waals surface area (Å²) >= 11 is 9.53. The predicted molar refractivity (Wildman–Crippen MR) is 84.1 cm³/mol. The maximum absolute atomic E-state index is 5.88. The van der Waals surface area contributed by atoms with E-state index < -0.39 is 0 Å². The van der Waals surface area contributed by atoms with Crippen LogP contribution in [0.4, 0.5) is 0 Å². The zero-order chi connectivity index (χ0) is 14.7. The Morgan fingerprint density at radius 3 is 2.70 bits per heavy atom. The Morgan fingerprint density at radius 2 is 2.20 bits per heavy atom. The molecular weight excluding hydrogens is 342 g/mol. The van der Waals surface area contributed by atoms with Crippen LogP contribution in [0.2, 0.25) is 5.22 Å². The highest BCUT2D eigenvalue weighted by Gasteiger charge is 2.20. The van der Waals surface area contributed by atoms with Gasteiger partial charge in [-0.1, -0.05) is 13.8 Å². The molecule has 110 valence electrons. The maximum atomic E-state index is 5.88. The van der Waals surface area contributed by atoms with Gasteiger partial charge in [0.25, 0.3) is 0 Å². The van der Waals surface area contributed by atoms with Crippen molar-refractivity contribution < 1.29 is 4.42 Å². The Labute approximate surface area is 132 Å². The van der Waals surface area contributed by atoms with Crippen LogP contribution < -0.4 is 5.32 Å². The molecule has 2 aromatic rings. The van der Waals surface area contributed by atoms with Gasteiger partial charge in [0.2, 0.25) is 0 Å². The van der Waals surface area contributed by atoms with Crippen LogP contribution in [-0.4, -0.2) is 16.3 Å². The molecule has 0 bridgehead atoms. The number of aryl methyl sites for hydroxylation is 2. The lowest BCUT2D eigenvalue weighted by Crippen LogP contribution is -2.23. The molecule has 20 heavy (non-hydrogen) atoms. The summed E-state index contributed by atoms with van der Waals surface area (Å²) in [4.78, 5) is 0. The Kier molecular flexibility index (Phi) is 5.29. The lowest BCUT2D eigenvalue weighted by atomic mass is 10.1. The second-order valence-corrected chi connectivity index (χ2v) is 5.81. The molecule has 1 N–H and O–H groups in total. The second-order valence-electron chi connectivity index (χ2n) is 4.64. The zero-order valence-electron chi connectivity index (χ0n) is 11.9. The number of rotatable bonds is 6. The maximum Gasteiger partial charge on any atom is 0.193 e. The number of hydrogen-bond donors (Lipinski definition) is 1. The van der Waals surface area contributed by atoms with E-state index in [1.165, 1.54) is 0 Å². The van der Waals surface area contributed by atoms with Crippen LogP contribution in [0.25, 0.3) is 0 Å². The van der Waals surface area contributed by atoms with Gasteiger partial charge in [-0.05, 0) is 52.6 Å². The minimum Gasteiger partial charge on any atom is -0.448 e. The molecule has 1 unspecified atom stereocenters. The van der Waals surface area contributed by atoms with Crippen LogP contribution in [-0.2, 0) is 19.9 Å². The fourth-order valence-corrected chi connectivity index (χ4v) is 3.20. The quantitative estimate of drug-likeness (QED) is 0.850. The number of aromatic nitrogens is 2. The summed E-state index contributed by atoms with van der Waals surface area (Å²) in [5.74, 6) is 0.850. The van der Waals surface area contributed by atoms with E-state index in [4.69, 9.17) is 16.0 Å². The molecule has 4 nitrogen and oxygen atoms in total. The minimum atomic E-state index is 0.0870. The van der Waals surface area contributed by atoms with Crippen LogP contribution >= 0.6 is 27.5 Å². The molecule has 2 aromatic heterocycles. The van der Waals surface area contributed by atoms with Crippen LogP contribution in [0.15, 0.2) is 21.0 Å². The van der Waals surface area contributed by atoms with Gasteiger partial charge in [0.1, 0.15) is 5.76 Å². The van der Waals surface area contributed by atoms with Gasteiger partial charge >= 0.3 is 0 Å². The highest BCUT2D eigenvalue weighted by atomic mass is 79.9. The molecule has 0 fully saturated rings. The van der Waals surface area contributed by atoms with Gasteiger partial charge in [-0.25, -0.2) is 0 Å². The van der Waals surface area contributed by atoms with Crippen molar-refractivity contribution in [1.29, 1.82) is 0 Å². The molecule has 0 saturated carbocycles. The summed E-state index contributed by atoms with van der Waals surface area (Å²) in [6.07, 6.45) is 1.70. The largest absolute Gasteiger partial charge is 0.448 e. The molecule has 2 heterocycles. The van der Waals surface area contributed by atoms with E-state index in [-0.39, 0.29) is 6.04 Å². The highest BCUT2D eigenvalue weighted by molar-refractivity contribution is 9.10. The molecule has 0 saturated heterocycles. The first kappa shape index (κ1) is 15.6. The fraction of sp³-hybridized carbons (Fsp3) is 0.500. The van der Waals surface area contributed by atoms with Crippen LogP contribution in [0.5, 0.6) is 0 Å². The predicted octanol–water partition coefficient (Wildman–Crippen LogP) is 3.88. The van der Waals surface area contributed by atoms with Crippen LogP contribution in [0.3, 0.4) is 0 Å². The summed E-state index contributed by atoms with van der Waals surface area (Å²) in [6.45, 7) is 5.04. The number of likely N-dealkylation sites (N-methyl/N-ethyl adjacent to an activating group) is 1. The molecule has 0 radical (unpaired) electrons. The number of furan rings is 1. The van der Waals surface area contributed by atoms with Gasteiger partial charge in [-0.2, -0.15) is 5.10 Å². The van der Waals surface area contributed by atoms with E-state index >= 15 is 0 Å². The van der Waals surface area contributed by atoms with Crippen molar-refractivity contribution >= 4 is 27.5 Å². The molecule has 0 aromatic carbocycles. The Morgan fingerprint density at radius 1 is 1.45 bits per heavy atom. The normalized spacial score (nSPS) is 12.8. The topological polar surface area (TPSA) is 43.0 Å². The third-order valence-electron chi connectivity index (χ3n) is 3.29. The SMILES string of the molecule is CCNC(Cc1c(Br)c(CC)nn1C)c1ccc(Cl)o1. The Hall–Kier alpha value is -0.780. The van der Waals surface area contributed by atoms with E-state index in [0.29, 0.717) is 5.22 Å². The van der Waals surface area contributed by atoms with E-state index in [1.807, 2.05) is 17.8 Å². The average molecular weight is 361 g/mol. The molecule has 0 aliphatic rings. The smallest absolute Gasteiger partial charge is 0.193 e. The Bertz CT molecular complexity index is 579. The third-order valence-corrected chi connectivity index (χ3v) is 4.41. The number of halogens is 2. The fourth-order valence-electron chi connectivity index (χ4n) is 2.27. The molecule has 6 heteroatoms. The van der Waals surface area contributed by atoms with Crippen molar-refractivity contribution in [3.63, 3.8) is 0 Å². The first-order valence-corrected chi connectivity index (χ1v) is 7.92. The number of nitrogens with one attached hydrogen (secondary N) is 1. The second kappa shape index (κ2) is 6.78. The Balaban J connectivity index is 2.26. The van der Waals surface area contributed by atoms with Gasteiger partial charge in [0, 0.05) is 13.5 Å². The molecular formula is C14H19BrClN3O. The molecule has 0 spiro atoms. The summed E-state index contributed by atoms with van der Waals surface area (Å²) < 4.78 is 8.56. The summed E-state index contributed by atoms with van der Waals surface area (Å²) in [6, 6.07) is 3.78. The van der Waals surface area contributed by atoms with E-state index in [0.717, 1.165) is 41.0 Å². The monoisotopic (exact) mass is 359 g/mol. The van der Waals surface area contributed by atoms with Gasteiger partial charge < -0.3 is 9.73 Å². The van der Waals surface area contributed by atoms with Crippen molar-refractivity contribution in [2.45, 2.75) is 32.7 Å². The van der Waals surface area contributed by atoms with E-state index in [2.05, 4.69) is 40.2 Å². The highest BCUT2D eigenvalue weighted by Crippen LogP contribution is 2.28. The van der Waals surface area contributed by atoms with Gasteiger partial charge in [-0.15, -0.1) is 0 Å². The van der Waals surface area contributed by atoms with Gasteiger partial charge in [0.05, 0.1) is 21.9 Å². The lowest BCUT2D eigenvalue weighted by Gasteiger charge is -2.16. The number of nitrogens with zero attached hydrogens (tertiary/aromatic N) is 2. The van der Waals surface area contributed by atoms with Crippen molar-refractivity contribution in [2.24, 2.45) is 7.05 Å². The molecule has 0 aliphatic carbocycles. The van der Waals surface area contributed by atoms with E-state index in [1.54, 1.807) is 6.07 Å². The van der Waals surface area contributed by atoms with E-state index in [9.17, 15) is 0 Å². The lowest BCUT2D eigenvalue weighted by molar-refractivity contribution is 0.411. The van der Waals surface area contributed by atoms with Crippen molar-refractivity contribution in [3.05, 3.63) is 39.0 Å². The summed E-state index contributed by atoms with van der Waals surface area (Å²) in [5, 5.41) is 8.37. The van der Waals surface area contributed by atoms with Crippen LogP contribution in [0.1, 0.15) is 37.0 Å². The minimum absolute atomic E-state index is 0.0870. The summed E-state index contributed by atoms with van der Waals surface area (Å²) in [5.41, 5.74) is 2.23.